The van der Waals surface area contributed by atoms with E-state index in [1.54, 1.807) is 18.9 Å². The molecule has 0 aliphatic carbocycles. The number of ether oxygens (including phenoxy) is 2. The van der Waals surface area contributed by atoms with Gasteiger partial charge < -0.3 is 14.8 Å². The number of hydrogen-bond acceptors (Lipinski definition) is 7. The zero-order chi connectivity index (χ0) is 30.4. The molecular weight excluding hydrogens is 570 g/mol. The summed E-state index contributed by atoms with van der Waals surface area (Å²) in [6.07, 6.45) is 2.30. The van der Waals surface area contributed by atoms with Gasteiger partial charge in [-0.25, -0.2) is 4.79 Å². The number of alkyl carbamates (subject to hydrolysis) is 1. The van der Waals surface area contributed by atoms with E-state index in [0.29, 0.717) is 12.2 Å². The third kappa shape index (κ3) is 12.7. The highest BCUT2D eigenvalue weighted by molar-refractivity contribution is 7.99. The summed E-state index contributed by atoms with van der Waals surface area (Å²) in [4.78, 5) is 13.0. The van der Waals surface area contributed by atoms with Gasteiger partial charge in [0.05, 0.1) is 25.2 Å². The first-order valence-electron chi connectivity index (χ1n) is 13.9. The molecule has 0 saturated heterocycles. The molecule has 3 aromatic rings. The number of hydrogen-bond donors (Lipinski definition) is 1. The molecule has 1 amide bonds. The minimum Gasteiger partial charge on any atom is -0.497 e. The fraction of sp³-hybridized carbons (Fsp3) is 0.364. The zero-order valence-corrected chi connectivity index (χ0v) is 26.3. The van der Waals surface area contributed by atoms with Crippen LogP contribution in [0.2, 0.25) is 0 Å². The Hall–Kier alpha value is -3.27. The summed E-state index contributed by atoms with van der Waals surface area (Å²) in [6, 6.07) is 26.6. The lowest BCUT2D eigenvalue weighted by Crippen LogP contribution is -2.41. The minimum absolute atomic E-state index is 0.0422. The van der Waals surface area contributed by atoms with E-state index in [0.717, 1.165) is 34.3 Å². The Kier molecular flexibility index (Phi) is 13.0. The summed E-state index contributed by atoms with van der Waals surface area (Å²) in [6.45, 7) is 5.84. The second kappa shape index (κ2) is 16.4. The molecule has 3 aromatic carbocycles. The average Bonchev–Trinajstić information content (AvgIpc) is 2.98. The first-order chi connectivity index (χ1) is 20.0. The number of nitrogens with one attached hydrogen (secondary N) is 1. The second-order valence-electron chi connectivity index (χ2n) is 11.1. The van der Waals surface area contributed by atoms with Gasteiger partial charge in [0.15, 0.2) is 0 Å². The summed E-state index contributed by atoms with van der Waals surface area (Å²) in [5.74, 6) is 1.43. The van der Waals surface area contributed by atoms with E-state index in [-0.39, 0.29) is 23.9 Å². The standard InChI is InChI=1S/C33H41NO6S2/c1-33(2,3)25-40-42(36,37)22-21-30(34-32(35)39-23-27-13-9-6-10-14-27)31(20-17-26-11-7-5-8-12-26)41-24-28-15-18-29(38-4)19-16-28/h5-16,18-19,21-22,30-31H,17,20,23-25H2,1-4H3,(H,34,35)/b22-21+. The molecule has 0 heterocycles. The molecule has 0 fully saturated rings. The number of carbonyl (C=O) groups is 1. The molecule has 0 saturated carbocycles. The highest BCUT2D eigenvalue weighted by Crippen LogP contribution is 2.27. The van der Waals surface area contributed by atoms with Gasteiger partial charge in [0.1, 0.15) is 12.4 Å². The van der Waals surface area contributed by atoms with Crippen LogP contribution >= 0.6 is 11.8 Å². The van der Waals surface area contributed by atoms with Gasteiger partial charge in [-0.05, 0) is 53.2 Å². The number of benzene rings is 3. The number of thioether (sulfide) groups is 1. The summed E-state index contributed by atoms with van der Waals surface area (Å²) >= 11 is 1.64. The first-order valence-corrected chi connectivity index (χ1v) is 16.4. The normalized spacial score (nSPS) is 13.4. The average molecular weight is 612 g/mol. The van der Waals surface area contributed by atoms with Crippen molar-refractivity contribution in [3.8, 4) is 5.75 Å². The van der Waals surface area contributed by atoms with Gasteiger partial charge in [-0.3, -0.25) is 4.18 Å². The smallest absolute Gasteiger partial charge is 0.407 e. The van der Waals surface area contributed by atoms with E-state index in [1.165, 1.54) is 6.08 Å². The Morgan fingerprint density at radius 1 is 0.905 bits per heavy atom. The molecule has 3 rings (SSSR count). The molecule has 42 heavy (non-hydrogen) atoms. The molecule has 0 radical (unpaired) electrons. The monoisotopic (exact) mass is 611 g/mol. The van der Waals surface area contributed by atoms with Crippen molar-refractivity contribution in [2.75, 3.05) is 13.7 Å². The van der Waals surface area contributed by atoms with Gasteiger partial charge in [-0.2, -0.15) is 20.2 Å². The number of methoxy groups -OCH3 is 1. The fourth-order valence-electron chi connectivity index (χ4n) is 3.89. The summed E-state index contributed by atoms with van der Waals surface area (Å²) in [5.41, 5.74) is 2.77. The van der Waals surface area contributed by atoms with Crippen LogP contribution in [0.5, 0.6) is 5.75 Å². The van der Waals surface area contributed by atoms with Gasteiger partial charge in [0.25, 0.3) is 10.1 Å². The second-order valence-corrected chi connectivity index (χ2v) is 13.8. The van der Waals surface area contributed by atoms with Crippen molar-refractivity contribution < 1.29 is 26.9 Å². The maximum Gasteiger partial charge on any atom is 0.407 e. The zero-order valence-electron chi connectivity index (χ0n) is 24.7. The van der Waals surface area contributed by atoms with Gasteiger partial charge in [0.2, 0.25) is 0 Å². The van der Waals surface area contributed by atoms with Crippen molar-refractivity contribution >= 4 is 28.0 Å². The molecule has 0 aromatic heterocycles. The van der Waals surface area contributed by atoms with E-state index in [4.69, 9.17) is 13.7 Å². The van der Waals surface area contributed by atoms with E-state index >= 15 is 0 Å². The van der Waals surface area contributed by atoms with Gasteiger partial charge in [-0.15, -0.1) is 0 Å². The van der Waals surface area contributed by atoms with Crippen molar-refractivity contribution in [2.45, 2.75) is 57.3 Å². The Balaban J connectivity index is 1.82. The van der Waals surface area contributed by atoms with Crippen LogP contribution in [0, 0.1) is 5.41 Å². The number of amides is 1. The lowest BCUT2D eigenvalue weighted by Gasteiger charge is -2.26. The van der Waals surface area contributed by atoms with Gasteiger partial charge >= 0.3 is 6.09 Å². The van der Waals surface area contributed by atoms with Crippen molar-refractivity contribution in [2.24, 2.45) is 5.41 Å². The topological polar surface area (TPSA) is 90.9 Å². The van der Waals surface area contributed by atoms with Crippen LogP contribution in [-0.2, 0) is 37.8 Å². The number of aryl methyl sites for hydroxylation is 1. The van der Waals surface area contributed by atoms with Crippen LogP contribution in [0.25, 0.3) is 0 Å². The van der Waals surface area contributed by atoms with Crippen molar-refractivity contribution in [3.05, 3.63) is 113 Å². The maximum atomic E-state index is 13.0. The quantitative estimate of drug-likeness (QED) is 0.183. The molecule has 0 aliphatic heterocycles. The lowest BCUT2D eigenvalue weighted by atomic mass is 9.99. The van der Waals surface area contributed by atoms with Gasteiger partial charge in [-0.1, -0.05) is 93.6 Å². The molecule has 2 atom stereocenters. The SMILES string of the molecule is COc1ccc(CSC(CCc2ccccc2)C(/C=C/S(=O)(=O)OCC(C)(C)C)NC(=O)OCc2ccccc2)cc1. The third-order valence-corrected chi connectivity index (χ3v) is 8.58. The minimum atomic E-state index is -3.97. The molecule has 7 nitrogen and oxygen atoms in total. The summed E-state index contributed by atoms with van der Waals surface area (Å²) < 4.78 is 41.5. The molecule has 9 heteroatoms. The molecule has 1 N–H and O–H groups in total. The van der Waals surface area contributed by atoms with Crippen LogP contribution in [0.3, 0.4) is 0 Å². The van der Waals surface area contributed by atoms with Crippen LogP contribution in [-0.4, -0.2) is 39.5 Å². The van der Waals surface area contributed by atoms with E-state index < -0.39 is 22.3 Å². The van der Waals surface area contributed by atoms with Crippen molar-refractivity contribution in [1.29, 1.82) is 0 Å². The molecule has 226 valence electrons. The first kappa shape index (κ1) is 33.2. The van der Waals surface area contributed by atoms with Crippen LogP contribution < -0.4 is 10.1 Å². The number of carbonyl (C=O) groups excluding carboxylic acids is 1. The van der Waals surface area contributed by atoms with E-state index in [2.05, 4.69) is 17.4 Å². The highest BCUT2D eigenvalue weighted by Gasteiger charge is 2.24. The van der Waals surface area contributed by atoms with Crippen LogP contribution in [0.15, 0.2) is 96.4 Å². The maximum absolute atomic E-state index is 13.0. The Labute approximate surface area is 254 Å². The molecule has 0 spiro atoms. The predicted molar refractivity (Wildman–Crippen MR) is 170 cm³/mol. The van der Waals surface area contributed by atoms with Crippen molar-refractivity contribution in [1.82, 2.24) is 5.32 Å². The van der Waals surface area contributed by atoms with E-state index in [9.17, 15) is 13.2 Å². The third-order valence-electron chi connectivity index (χ3n) is 6.19. The van der Waals surface area contributed by atoms with Crippen LogP contribution in [0.1, 0.15) is 43.9 Å². The Bertz CT molecular complexity index is 1360. The predicted octanol–water partition coefficient (Wildman–Crippen LogP) is 7.13. The number of rotatable bonds is 15. The lowest BCUT2D eigenvalue weighted by molar-refractivity contribution is 0.137. The molecular formula is C33H41NO6S2. The fourth-order valence-corrected chi connectivity index (χ4v) is 6.10. The van der Waals surface area contributed by atoms with Crippen molar-refractivity contribution in [3.63, 3.8) is 0 Å². The Morgan fingerprint density at radius 3 is 2.12 bits per heavy atom. The summed E-state index contributed by atoms with van der Waals surface area (Å²) in [7, 11) is -2.35. The largest absolute Gasteiger partial charge is 0.497 e. The van der Waals surface area contributed by atoms with Crippen LogP contribution in [0.4, 0.5) is 4.79 Å². The Morgan fingerprint density at radius 2 is 1.52 bits per heavy atom. The summed E-state index contributed by atoms with van der Waals surface area (Å²) in [5, 5.41) is 3.78. The molecule has 2 unspecified atom stereocenters. The molecule has 0 aliphatic rings. The van der Waals surface area contributed by atoms with Gasteiger partial charge in [0, 0.05) is 11.0 Å². The molecule has 0 bridgehead atoms. The highest BCUT2D eigenvalue weighted by atomic mass is 32.2. The van der Waals surface area contributed by atoms with E-state index in [1.807, 2.05) is 93.6 Å².